The van der Waals surface area contributed by atoms with Gasteiger partial charge in [-0.25, -0.2) is 0 Å². The molecule has 0 aromatic carbocycles. The van der Waals surface area contributed by atoms with Crippen LogP contribution in [0.3, 0.4) is 0 Å². The summed E-state index contributed by atoms with van der Waals surface area (Å²) in [5.74, 6) is 1.09. The Balaban J connectivity index is 2.12. The van der Waals surface area contributed by atoms with Crippen molar-refractivity contribution in [1.82, 2.24) is 0 Å². The van der Waals surface area contributed by atoms with Crippen molar-refractivity contribution in [3.05, 3.63) is 36.0 Å². The van der Waals surface area contributed by atoms with Crippen LogP contribution >= 0.6 is 11.6 Å². The van der Waals surface area contributed by atoms with Gasteiger partial charge in [-0.15, -0.1) is 0 Å². The molecule has 7 heteroatoms. The highest BCUT2D eigenvalue weighted by Gasteiger charge is 2.68. The summed E-state index contributed by atoms with van der Waals surface area (Å²) in [6.07, 6.45) is 6.75. The lowest BCUT2D eigenvalue weighted by Gasteiger charge is -2.20. The number of ether oxygens (including phenoxy) is 6. The SMILES string of the molecule is COC=CC12C=C(OCCOC)C(OCCOC)=CC1(Cl)O2. The van der Waals surface area contributed by atoms with Crippen LogP contribution in [0.5, 0.6) is 0 Å². The topological polar surface area (TPSA) is 58.7 Å². The Labute approximate surface area is 135 Å². The van der Waals surface area contributed by atoms with E-state index in [9.17, 15) is 0 Å². The molecule has 0 spiro atoms. The number of rotatable bonds is 10. The van der Waals surface area contributed by atoms with Crippen molar-refractivity contribution in [2.75, 3.05) is 47.8 Å². The molecule has 2 unspecified atom stereocenters. The molecular weight excluding hydrogens is 312 g/mol. The lowest BCUT2D eigenvalue weighted by molar-refractivity contribution is 0.0769. The van der Waals surface area contributed by atoms with E-state index in [2.05, 4.69) is 0 Å². The summed E-state index contributed by atoms with van der Waals surface area (Å²) in [6.45, 7) is 1.72. The van der Waals surface area contributed by atoms with Gasteiger partial charge < -0.3 is 28.4 Å². The monoisotopic (exact) mass is 332 g/mol. The minimum atomic E-state index is -0.974. The first kappa shape index (κ1) is 17.1. The maximum Gasteiger partial charge on any atom is 0.202 e. The van der Waals surface area contributed by atoms with Gasteiger partial charge in [-0.05, 0) is 6.08 Å². The zero-order valence-corrected chi connectivity index (χ0v) is 13.7. The van der Waals surface area contributed by atoms with Crippen LogP contribution in [-0.4, -0.2) is 58.4 Å². The fourth-order valence-electron chi connectivity index (χ4n) is 2.06. The Morgan fingerprint density at radius 1 is 1.00 bits per heavy atom. The number of alkyl halides is 1. The van der Waals surface area contributed by atoms with E-state index in [-0.39, 0.29) is 0 Å². The van der Waals surface area contributed by atoms with Crippen molar-refractivity contribution < 1.29 is 28.4 Å². The van der Waals surface area contributed by atoms with Crippen molar-refractivity contribution in [3.8, 4) is 0 Å². The first-order chi connectivity index (χ1) is 10.6. The summed E-state index contributed by atoms with van der Waals surface area (Å²) in [6, 6.07) is 0. The minimum absolute atomic E-state index is 0.390. The summed E-state index contributed by atoms with van der Waals surface area (Å²) in [7, 11) is 4.78. The van der Waals surface area contributed by atoms with Gasteiger partial charge in [0.25, 0.3) is 0 Å². The molecule has 1 saturated heterocycles. The molecule has 1 heterocycles. The largest absolute Gasteiger partial charge is 0.505 e. The molecule has 1 fully saturated rings. The maximum absolute atomic E-state index is 6.43. The van der Waals surface area contributed by atoms with Crippen LogP contribution in [0.1, 0.15) is 0 Å². The van der Waals surface area contributed by atoms with E-state index in [0.717, 1.165) is 0 Å². The Morgan fingerprint density at radius 2 is 1.59 bits per heavy atom. The number of epoxide rings is 1. The number of hydrogen-bond donors (Lipinski definition) is 0. The average Bonchev–Trinajstić information content (AvgIpc) is 3.10. The molecule has 1 aliphatic carbocycles. The van der Waals surface area contributed by atoms with Crippen LogP contribution < -0.4 is 0 Å². The molecule has 0 aromatic rings. The molecule has 0 N–H and O–H groups in total. The van der Waals surface area contributed by atoms with Crippen molar-refractivity contribution >= 4 is 11.6 Å². The Bertz CT molecular complexity index is 475. The molecule has 2 aliphatic rings. The highest BCUT2D eigenvalue weighted by atomic mass is 35.5. The van der Waals surface area contributed by atoms with Crippen LogP contribution in [0.15, 0.2) is 36.0 Å². The molecule has 0 saturated carbocycles. The highest BCUT2D eigenvalue weighted by molar-refractivity contribution is 6.27. The van der Waals surface area contributed by atoms with Crippen LogP contribution in [0, 0.1) is 0 Å². The summed E-state index contributed by atoms with van der Waals surface area (Å²) < 4.78 is 31.9. The fraction of sp³-hybridized carbons (Fsp3) is 0.600. The molecule has 2 atom stereocenters. The summed E-state index contributed by atoms with van der Waals surface area (Å²) >= 11 is 6.43. The normalized spacial score (nSPS) is 29.6. The number of hydrogen-bond acceptors (Lipinski definition) is 6. The third kappa shape index (κ3) is 3.57. The van der Waals surface area contributed by atoms with Crippen molar-refractivity contribution in [2.24, 2.45) is 0 Å². The molecule has 0 aromatic heterocycles. The van der Waals surface area contributed by atoms with E-state index in [0.29, 0.717) is 37.9 Å². The lowest BCUT2D eigenvalue weighted by Crippen LogP contribution is -2.23. The van der Waals surface area contributed by atoms with Gasteiger partial charge >= 0.3 is 0 Å². The smallest absolute Gasteiger partial charge is 0.202 e. The molecule has 0 radical (unpaired) electrons. The van der Waals surface area contributed by atoms with E-state index in [1.54, 1.807) is 39.6 Å². The van der Waals surface area contributed by atoms with E-state index in [1.165, 1.54) is 6.26 Å². The van der Waals surface area contributed by atoms with E-state index in [1.807, 2.05) is 0 Å². The zero-order valence-electron chi connectivity index (χ0n) is 13.0. The predicted molar refractivity (Wildman–Crippen MR) is 80.4 cm³/mol. The van der Waals surface area contributed by atoms with Gasteiger partial charge in [-0.1, -0.05) is 11.6 Å². The predicted octanol–water partition coefficient (Wildman–Crippen LogP) is 1.96. The van der Waals surface area contributed by atoms with E-state index >= 15 is 0 Å². The van der Waals surface area contributed by atoms with Gasteiger partial charge in [0.15, 0.2) is 17.1 Å². The molecular formula is C15H21ClO6. The van der Waals surface area contributed by atoms with Crippen LogP contribution in [0.2, 0.25) is 0 Å². The first-order valence-corrected chi connectivity index (χ1v) is 7.28. The zero-order chi connectivity index (χ0) is 16.1. The Morgan fingerprint density at radius 3 is 2.14 bits per heavy atom. The summed E-state index contributed by atoms with van der Waals surface area (Å²) in [5, 5.41) is -0.974. The third-order valence-corrected chi connectivity index (χ3v) is 3.74. The molecule has 2 rings (SSSR count). The Hall–Kier alpha value is -1.21. The molecule has 1 aliphatic heterocycles. The van der Waals surface area contributed by atoms with Crippen LogP contribution in [0.25, 0.3) is 0 Å². The maximum atomic E-state index is 6.43. The van der Waals surface area contributed by atoms with Crippen molar-refractivity contribution in [3.63, 3.8) is 0 Å². The van der Waals surface area contributed by atoms with E-state index in [4.69, 9.17) is 40.0 Å². The molecule has 124 valence electrons. The van der Waals surface area contributed by atoms with Gasteiger partial charge in [0, 0.05) is 26.4 Å². The highest BCUT2D eigenvalue weighted by Crippen LogP contribution is 2.58. The molecule has 22 heavy (non-hydrogen) atoms. The van der Waals surface area contributed by atoms with Crippen LogP contribution in [0.4, 0.5) is 0 Å². The number of halogens is 1. The fourth-order valence-corrected chi connectivity index (χ4v) is 2.40. The molecule has 6 nitrogen and oxygen atoms in total. The minimum Gasteiger partial charge on any atom is -0.505 e. The second-order valence-electron chi connectivity index (χ2n) is 4.78. The van der Waals surface area contributed by atoms with Crippen LogP contribution in [-0.2, 0) is 28.4 Å². The van der Waals surface area contributed by atoms with Crippen molar-refractivity contribution in [1.29, 1.82) is 0 Å². The van der Waals surface area contributed by atoms with E-state index < -0.39 is 10.7 Å². The quantitative estimate of drug-likeness (QED) is 0.264. The Kier molecular flexibility index (Phi) is 5.74. The standard InChI is InChI=1S/C15H21ClO6/c1-17-5-4-14-10-12(20-8-6-18-2)13(21-9-7-19-3)11-15(14,16)22-14/h4-5,10-11H,6-9H2,1-3H3. The molecule has 0 bridgehead atoms. The van der Waals surface area contributed by atoms with Gasteiger partial charge in [0.1, 0.15) is 13.2 Å². The average molecular weight is 333 g/mol. The third-order valence-electron chi connectivity index (χ3n) is 3.26. The summed E-state index contributed by atoms with van der Waals surface area (Å²) in [4.78, 5) is 0. The lowest BCUT2D eigenvalue weighted by atomic mass is 9.98. The van der Waals surface area contributed by atoms with Gasteiger partial charge in [-0.2, -0.15) is 0 Å². The second kappa shape index (κ2) is 7.37. The first-order valence-electron chi connectivity index (χ1n) is 6.90. The summed E-state index contributed by atoms with van der Waals surface area (Å²) in [5.41, 5.74) is -0.777. The van der Waals surface area contributed by atoms with Gasteiger partial charge in [0.2, 0.25) is 5.06 Å². The molecule has 0 amide bonds. The number of methoxy groups -OCH3 is 3. The number of fused-ring (bicyclic) bond motifs is 1. The second-order valence-corrected chi connectivity index (χ2v) is 5.34. The van der Waals surface area contributed by atoms with Gasteiger partial charge in [-0.3, -0.25) is 0 Å². The van der Waals surface area contributed by atoms with Gasteiger partial charge in [0.05, 0.1) is 26.6 Å². The van der Waals surface area contributed by atoms with Crippen molar-refractivity contribution in [2.45, 2.75) is 10.7 Å².